The molecule has 0 radical (unpaired) electrons. The molecular weight excluding hydrogens is 668 g/mol. The maximum atomic E-state index is 12.4. The lowest BCUT2D eigenvalue weighted by atomic mass is 10.0. The van der Waals surface area contributed by atoms with E-state index in [-0.39, 0.29) is 39.0 Å². The first kappa shape index (κ1) is 40.4. The summed E-state index contributed by atoms with van der Waals surface area (Å²) in [5.41, 5.74) is 0.845. The fourth-order valence-corrected chi connectivity index (χ4v) is 4.91. The maximum Gasteiger partial charge on any atom is 0.317 e. The summed E-state index contributed by atoms with van der Waals surface area (Å²) in [4.78, 5) is 109. The number of aliphatic carboxylic acids is 5. The Morgan fingerprint density at radius 2 is 1.14 bits per heavy atom. The Hall–Kier alpha value is -5.73. The summed E-state index contributed by atoms with van der Waals surface area (Å²) in [6, 6.07) is 5.19. The molecule has 20 heteroatoms. The number of carboxylic acids is 5. The Morgan fingerprint density at radius 3 is 1.64 bits per heavy atom. The van der Waals surface area contributed by atoms with Crippen molar-refractivity contribution in [2.24, 2.45) is 0 Å². The van der Waals surface area contributed by atoms with Gasteiger partial charge in [-0.2, -0.15) is 0 Å². The van der Waals surface area contributed by atoms with Gasteiger partial charge in [-0.25, -0.2) is 0 Å². The molecule has 0 aliphatic carbocycles. The van der Waals surface area contributed by atoms with Crippen LogP contribution in [0.25, 0.3) is 0 Å². The van der Waals surface area contributed by atoms with Gasteiger partial charge in [-0.3, -0.25) is 62.8 Å². The van der Waals surface area contributed by atoms with Crippen molar-refractivity contribution in [1.82, 2.24) is 24.9 Å². The summed E-state index contributed by atoms with van der Waals surface area (Å²) in [7, 11) is 0. The highest BCUT2D eigenvalue weighted by atomic mass is 16.4. The summed E-state index contributed by atoms with van der Waals surface area (Å²) in [6.07, 6.45) is 1.96. The second kappa shape index (κ2) is 19.9. The first-order valence-corrected chi connectivity index (χ1v) is 15.0. The zero-order chi connectivity index (χ0) is 37.4. The molecule has 2 rings (SSSR count). The van der Waals surface area contributed by atoms with E-state index in [1.807, 2.05) is 0 Å². The van der Waals surface area contributed by atoms with Gasteiger partial charge in [-0.05, 0) is 24.1 Å². The van der Waals surface area contributed by atoms with Gasteiger partial charge in [0.15, 0.2) is 0 Å². The summed E-state index contributed by atoms with van der Waals surface area (Å²) in [5, 5.41) is 51.6. The molecule has 272 valence electrons. The Kier molecular flexibility index (Phi) is 16.1. The number of amides is 4. The van der Waals surface area contributed by atoms with E-state index >= 15 is 0 Å². The molecule has 1 aliphatic rings. The predicted octanol–water partition coefficient (Wildman–Crippen LogP) is -2.70. The molecule has 0 saturated heterocycles. The van der Waals surface area contributed by atoms with Crippen LogP contribution in [-0.4, -0.2) is 170 Å². The van der Waals surface area contributed by atoms with E-state index < -0.39 is 98.8 Å². The zero-order valence-corrected chi connectivity index (χ0v) is 26.7. The fourth-order valence-electron chi connectivity index (χ4n) is 4.91. The van der Waals surface area contributed by atoms with E-state index in [4.69, 9.17) is 10.2 Å². The number of nitrogens with zero attached hydrogens (tertiary/aromatic N) is 4. The Balaban J connectivity index is 2.12. The molecule has 0 fully saturated rings. The van der Waals surface area contributed by atoms with Crippen LogP contribution in [0.3, 0.4) is 0 Å². The molecule has 1 aromatic rings. The van der Waals surface area contributed by atoms with Gasteiger partial charge in [-0.15, -0.1) is 0 Å². The second-order valence-electron chi connectivity index (χ2n) is 11.1. The summed E-state index contributed by atoms with van der Waals surface area (Å²) in [5.74, 6) is -8.87. The molecule has 20 nitrogen and oxygen atoms in total. The van der Waals surface area contributed by atoms with E-state index in [0.29, 0.717) is 11.3 Å². The molecule has 0 aromatic heterocycles. The molecule has 1 heterocycles. The third-order valence-electron chi connectivity index (χ3n) is 7.09. The number of rotatable bonds is 24. The minimum absolute atomic E-state index is 0.00642. The van der Waals surface area contributed by atoms with Crippen molar-refractivity contribution >= 4 is 59.2 Å². The van der Waals surface area contributed by atoms with Gasteiger partial charge in [0, 0.05) is 56.5 Å². The molecule has 0 saturated carbocycles. The van der Waals surface area contributed by atoms with Crippen molar-refractivity contribution in [3.05, 3.63) is 42.0 Å². The van der Waals surface area contributed by atoms with Gasteiger partial charge in [0.1, 0.15) is 0 Å². The van der Waals surface area contributed by atoms with Gasteiger partial charge in [0.2, 0.25) is 11.8 Å². The smallest absolute Gasteiger partial charge is 0.317 e. The van der Waals surface area contributed by atoms with Crippen molar-refractivity contribution in [2.75, 3.05) is 70.8 Å². The summed E-state index contributed by atoms with van der Waals surface area (Å²) >= 11 is 0. The molecule has 4 amide bonds. The van der Waals surface area contributed by atoms with Crippen molar-refractivity contribution < 1.29 is 68.7 Å². The van der Waals surface area contributed by atoms with Crippen LogP contribution in [0.2, 0.25) is 0 Å². The van der Waals surface area contributed by atoms with E-state index in [1.165, 1.54) is 17.0 Å². The van der Waals surface area contributed by atoms with Gasteiger partial charge in [0.05, 0.1) is 39.3 Å². The number of hydrogen-bond acceptors (Lipinski definition) is 12. The van der Waals surface area contributed by atoms with E-state index in [1.54, 1.807) is 12.1 Å². The largest absolute Gasteiger partial charge is 0.480 e. The molecule has 50 heavy (non-hydrogen) atoms. The average molecular weight is 707 g/mol. The van der Waals surface area contributed by atoms with Crippen LogP contribution < -0.4 is 10.6 Å². The lowest BCUT2D eigenvalue weighted by Gasteiger charge is -2.34. The number of carbonyl (C=O) groups excluding carboxylic acids is 4. The van der Waals surface area contributed by atoms with Crippen molar-refractivity contribution in [1.29, 1.82) is 0 Å². The van der Waals surface area contributed by atoms with Gasteiger partial charge < -0.3 is 36.2 Å². The van der Waals surface area contributed by atoms with E-state index in [9.17, 15) is 58.5 Å². The standard InChI is InChI=1S/C30H38N6O14/c37-22(7-8-36-24(39)5-6-25(36)40)31-12-23(38)32-20-3-1-19(2-4-20)11-21(35(17-29(47)48)18-30(49)50)13-33(14-26(41)42)9-10-34(15-27(43)44)16-28(45)46/h1-6,21H,7-18H2,(H,31,37)(H,32,38)(H,41,42)(H,43,44)(H,45,46)(H,47,48)(H,49,50)/t21-/m1/s1. The molecule has 0 unspecified atom stereocenters. The lowest BCUT2D eigenvalue weighted by molar-refractivity contribution is -0.144. The average Bonchev–Trinajstić information content (AvgIpc) is 3.32. The predicted molar refractivity (Wildman–Crippen MR) is 169 cm³/mol. The third kappa shape index (κ3) is 15.4. The summed E-state index contributed by atoms with van der Waals surface area (Å²) < 4.78 is 0. The van der Waals surface area contributed by atoms with Crippen LogP contribution >= 0.6 is 0 Å². The highest BCUT2D eigenvalue weighted by molar-refractivity contribution is 6.13. The molecule has 1 atom stereocenters. The van der Waals surface area contributed by atoms with Crippen molar-refractivity contribution in [3.63, 3.8) is 0 Å². The molecule has 1 aliphatic heterocycles. The summed E-state index contributed by atoms with van der Waals surface area (Å²) in [6.45, 7) is -4.43. The van der Waals surface area contributed by atoms with Crippen LogP contribution in [0.4, 0.5) is 5.69 Å². The highest BCUT2D eigenvalue weighted by Gasteiger charge is 2.28. The zero-order valence-electron chi connectivity index (χ0n) is 26.7. The van der Waals surface area contributed by atoms with Crippen LogP contribution in [0.1, 0.15) is 12.0 Å². The number of benzene rings is 1. The molecule has 0 spiro atoms. The molecule has 1 aromatic carbocycles. The topological polar surface area (TPSA) is 292 Å². The van der Waals surface area contributed by atoms with Gasteiger partial charge in [0.25, 0.3) is 11.8 Å². The normalized spacial score (nSPS) is 13.1. The number of hydrogen-bond donors (Lipinski definition) is 7. The molecule has 7 N–H and O–H groups in total. The Morgan fingerprint density at radius 1 is 0.660 bits per heavy atom. The van der Waals surface area contributed by atoms with Crippen LogP contribution in [-0.2, 0) is 49.6 Å². The number of carboxylic acid groups (broad SMARTS) is 5. The number of anilines is 1. The second-order valence-corrected chi connectivity index (χ2v) is 11.1. The minimum atomic E-state index is -1.35. The Bertz CT molecular complexity index is 1430. The third-order valence-corrected chi connectivity index (χ3v) is 7.09. The molecule has 0 bridgehead atoms. The van der Waals surface area contributed by atoms with E-state index in [2.05, 4.69) is 10.6 Å². The van der Waals surface area contributed by atoms with Crippen molar-refractivity contribution in [2.45, 2.75) is 18.9 Å². The van der Waals surface area contributed by atoms with Crippen LogP contribution in [0.15, 0.2) is 36.4 Å². The van der Waals surface area contributed by atoms with Gasteiger partial charge in [-0.1, -0.05) is 12.1 Å². The lowest BCUT2D eigenvalue weighted by Crippen LogP contribution is -2.51. The maximum absolute atomic E-state index is 12.4. The van der Waals surface area contributed by atoms with Crippen LogP contribution in [0, 0.1) is 0 Å². The minimum Gasteiger partial charge on any atom is -0.480 e. The van der Waals surface area contributed by atoms with Crippen LogP contribution in [0.5, 0.6) is 0 Å². The number of carbonyl (C=O) groups is 9. The first-order valence-electron chi connectivity index (χ1n) is 15.0. The fraction of sp³-hybridized carbons (Fsp3) is 0.433. The monoisotopic (exact) mass is 706 g/mol. The highest BCUT2D eigenvalue weighted by Crippen LogP contribution is 2.15. The Labute approximate surface area is 284 Å². The SMILES string of the molecule is O=C(O)CN(CCN(CC(=O)O)C[C@@H](Cc1ccc(NC(=O)CNC(=O)CCN2C(=O)C=CC2=O)cc1)N(CC(=O)O)CC(=O)O)CC(=O)O. The quantitative estimate of drug-likeness (QED) is 0.0538. The molecular formula is C30H38N6O14. The number of nitrogens with one attached hydrogen (secondary N) is 2. The first-order chi connectivity index (χ1) is 23.5. The van der Waals surface area contributed by atoms with Crippen molar-refractivity contribution in [3.8, 4) is 0 Å². The number of imide groups is 1. The van der Waals surface area contributed by atoms with E-state index in [0.717, 1.165) is 26.9 Å². The van der Waals surface area contributed by atoms with Gasteiger partial charge >= 0.3 is 29.8 Å².